The Morgan fingerprint density at radius 2 is 1.59 bits per heavy atom. The van der Waals surface area contributed by atoms with E-state index in [0.717, 1.165) is 21.0 Å². The van der Waals surface area contributed by atoms with E-state index in [0.29, 0.717) is 30.2 Å². The number of anilines is 1. The molecule has 0 atom stereocenters. The Hall–Kier alpha value is -3.52. The molecule has 1 N–H and O–H groups in total. The molecule has 0 saturated heterocycles. The van der Waals surface area contributed by atoms with Crippen molar-refractivity contribution in [1.29, 1.82) is 0 Å². The maximum atomic E-state index is 13.4. The summed E-state index contributed by atoms with van der Waals surface area (Å²) in [5.74, 6) is 0.852. The van der Waals surface area contributed by atoms with Crippen molar-refractivity contribution in [2.45, 2.75) is 25.2 Å². The summed E-state index contributed by atoms with van der Waals surface area (Å²) in [4.78, 5) is 12.9. The summed E-state index contributed by atoms with van der Waals surface area (Å²) in [5, 5.41) is 2.83. The van der Waals surface area contributed by atoms with Crippen molar-refractivity contribution in [1.82, 2.24) is 5.32 Å². The monoisotopic (exact) mass is 482 g/mol. The third-order valence-electron chi connectivity index (χ3n) is 5.58. The molecule has 34 heavy (non-hydrogen) atoms. The van der Waals surface area contributed by atoms with Crippen LogP contribution in [0, 0.1) is 13.8 Å². The summed E-state index contributed by atoms with van der Waals surface area (Å²) >= 11 is 0. The number of hydrogen-bond acceptors (Lipinski definition) is 5. The van der Waals surface area contributed by atoms with E-state index >= 15 is 0 Å². The van der Waals surface area contributed by atoms with Gasteiger partial charge >= 0.3 is 0 Å². The van der Waals surface area contributed by atoms with Crippen LogP contribution in [0.2, 0.25) is 0 Å². The molecule has 0 spiro atoms. The van der Waals surface area contributed by atoms with Gasteiger partial charge in [0.2, 0.25) is 5.91 Å². The number of nitrogens with zero attached hydrogens (tertiary/aromatic N) is 1. The minimum absolute atomic E-state index is 0.131. The number of carbonyl (C=O) groups is 1. The largest absolute Gasteiger partial charge is 0.493 e. The molecule has 180 valence electrons. The minimum Gasteiger partial charge on any atom is -0.493 e. The lowest BCUT2D eigenvalue weighted by molar-refractivity contribution is -0.119. The maximum absolute atomic E-state index is 13.4. The number of sulfonamides is 1. The van der Waals surface area contributed by atoms with Crippen LogP contribution in [0.5, 0.6) is 11.5 Å². The molecule has 0 unspecified atom stereocenters. The molecule has 0 saturated carbocycles. The van der Waals surface area contributed by atoms with Gasteiger partial charge in [0, 0.05) is 6.54 Å². The topological polar surface area (TPSA) is 84.9 Å². The first-order valence-electron chi connectivity index (χ1n) is 10.9. The van der Waals surface area contributed by atoms with Gasteiger partial charge in [-0.3, -0.25) is 9.10 Å². The predicted molar refractivity (Wildman–Crippen MR) is 133 cm³/mol. The highest BCUT2D eigenvalue weighted by atomic mass is 32.2. The van der Waals surface area contributed by atoms with Gasteiger partial charge in [-0.1, -0.05) is 30.3 Å². The van der Waals surface area contributed by atoms with Gasteiger partial charge in [-0.15, -0.1) is 0 Å². The van der Waals surface area contributed by atoms with E-state index in [9.17, 15) is 13.2 Å². The molecular weight excluding hydrogens is 452 g/mol. The molecule has 8 heteroatoms. The number of benzene rings is 3. The Labute approximate surface area is 201 Å². The average Bonchev–Trinajstić information content (AvgIpc) is 2.84. The van der Waals surface area contributed by atoms with E-state index in [2.05, 4.69) is 5.32 Å². The fraction of sp³-hybridized carbons (Fsp3) is 0.269. The third-order valence-corrected chi connectivity index (χ3v) is 7.37. The van der Waals surface area contributed by atoms with Crippen LogP contribution in [0.15, 0.2) is 71.6 Å². The second-order valence-corrected chi connectivity index (χ2v) is 9.74. The quantitative estimate of drug-likeness (QED) is 0.474. The first-order chi connectivity index (χ1) is 16.3. The average molecular weight is 483 g/mol. The number of aryl methyl sites for hydroxylation is 2. The van der Waals surface area contributed by atoms with Crippen molar-refractivity contribution >= 4 is 21.6 Å². The molecule has 0 aliphatic heterocycles. The normalized spacial score (nSPS) is 11.1. The van der Waals surface area contributed by atoms with Crippen molar-refractivity contribution in [2.75, 3.05) is 31.6 Å². The lowest BCUT2D eigenvalue weighted by Crippen LogP contribution is -2.41. The molecule has 0 bridgehead atoms. The zero-order valence-electron chi connectivity index (χ0n) is 19.9. The number of methoxy groups -OCH3 is 2. The van der Waals surface area contributed by atoms with Crippen LogP contribution < -0.4 is 19.1 Å². The standard InChI is InChI=1S/C26H30N2O5S/c1-19-10-12-22(16-20(19)2)28(34(30,31)23-8-6-5-7-9-23)18-26(29)27-15-14-21-11-13-24(32-3)25(17-21)33-4/h5-13,16-17H,14-15,18H2,1-4H3,(H,27,29). The van der Waals surface area contributed by atoms with Gasteiger partial charge < -0.3 is 14.8 Å². The van der Waals surface area contributed by atoms with Crippen molar-refractivity contribution < 1.29 is 22.7 Å². The Kier molecular flexibility index (Phi) is 8.17. The van der Waals surface area contributed by atoms with E-state index in [-0.39, 0.29) is 11.4 Å². The van der Waals surface area contributed by atoms with Crippen LogP contribution >= 0.6 is 0 Å². The van der Waals surface area contributed by atoms with E-state index < -0.39 is 15.9 Å². The molecule has 3 aromatic carbocycles. The van der Waals surface area contributed by atoms with Gasteiger partial charge in [0.1, 0.15) is 6.54 Å². The molecule has 0 radical (unpaired) electrons. The van der Waals surface area contributed by atoms with Crippen LogP contribution in [0.1, 0.15) is 16.7 Å². The first kappa shape index (κ1) is 25.1. The highest BCUT2D eigenvalue weighted by Crippen LogP contribution is 2.28. The second-order valence-electron chi connectivity index (χ2n) is 7.88. The Bertz CT molecular complexity index is 1240. The zero-order valence-corrected chi connectivity index (χ0v) is 20.7. The molecule has 0 aliphatic rings. The second kappa shape index (κ2) is 11.1. The maximum Gasteiger partial charge on any atom is 0.264 e. The minimum atomic E-state index is -3.93. The molecule has 0 aromatic heterocycles. The SMILES string of the molecule is COc1ccc(CCNC(=O)CN(c2ccc(C)c(C)c2)S(=O)(=O)c2ccccc2)cc1OC. The molecule has 7 nitrogen and oxygen atoms in total. The molecule has 0 heterocycles. The summed E-state index contributed by atoms with van der Waals surface area (Å²) in [7, 11) is -0.791. The van der Waals surface area contributed by atoms with Gasteiger partial charge in [0.15, 0.2) is 11.5 Å². The van der Waals surface area contributed by atoms with Crippen LogP contribution in [0.25, 0.3) is 0 Å². The summed E-state index contributed by atoms with van der Waals surface area (Å²) < 4.78 is 38.5. The zero-order chi connectivity index (χ0) is 24.7. The predicted octanol–water partition coefficient (Wildman–Crippen LogP) is 3.87. The van der Waals surface area contributed by atoms with E-state index in [1.807, 2.05) is 38.1 Å². The number of hydrogen-bond donors (Lipinski definition) is 1. The van der Waals surface area contributed by atoms with Gasteiger partial charge in [-0.2, -0.15) is 0 Å². The van der Waals surface area contributed by atoms with Gasteiger partial charge in [-0.05, 0) is 73.4 Å². The van der Waals surface area contributed by atoms with Gasteiger partial charge in [0.25, 0.3) is 10.0 Å². The summed E-state index contributed by atoms with van der Waals surface area (Å²) in [6.07, 6.45) is 0.557. The van der Waals surface area contributed by atoms with Crippen molar-refractivity contribution in [2.24, 2.45) is 0 Å². The number of carbonyl (C=O) groups excluding carboxylic acids is 1. The molecule has 3 rings (SSSR count). The Morgan fingerprint density at radius 3 is 2.24 bits per heavy atom. The number of amides is 1. The lowest BCUT2D eigenvalue weighted by atomic mass is 10.1. The number of ether oxygens (including phenoxy) is 2. The molecule has 0 fully saturated rings. The molecule has 1 amide bonds. The van der Waals surface area contributed by atoms with Gasteiger partial charge in [-0.25, -0.2) is 8.42 Å². The number of nitrogens with one attached hydrogen (secondary N) is 1. The third kappa shape index (κ3) is 5.88. The molecule has 0 aliphatic carbocycles. The number of rotatable bonds is 10. The summed E-state index contributed by atoms with van der Waals surface area (Å²) in [5.41, 5.74) is 3.39. The fourth-order valence-corrected chi connectivity index (χ4v) is 4.92. The van der Waals surface area contributed by atoms with Crippen LogP contribution in [-0.4, -0.2) is 41.6 Å². The highest BCUT2D eigenvalue weighted by Gasteiger charge is 2.27. The van der Waals surface area contributed by atoms with Crippen molar-refractivity contribution in [3.63, 3.8) is 0 Å². The van der Waals surface area contributed by atoms with Crippen LogP contribution in [0.4, 0.5) is 5.69 Å². The smallest absolute Gasteiger partial charge is 0.264 e. The molecule has 3 aromatic rings. The van der Waals surface area contributed by atoms with E-state index in [1.165, 1.54) is 12.1 Å². The van der Waals surface area contributed by atoms with Crippen molar-refractivity contribution in [3.8, 4) is 11.5 Å². The Morgan fingerprint density at radius 1 is 0.882 bits per heavy atom. The van der Waals surface area contributed by atoms with E-state index in [4.69, 9.17) is 9.47 Å². The van der Waals surface area contributed by atoms with Crippen LogP contribution in [0.3, 0.4) is 0 Å². The summed E-state index contributed by atoms with van der Waals surface area (Å²) in [6, 6.07) is 19.0. The Balaban J connectivity index is 1.76. The first-order valence-corrected chi connectivity index (χ1v) is 12.3. The molecular formula is C26H30N2O5S. The van der Waals surface area contributed by atoms with Crippen molar-refractivity contribution in [3.05, 3.63) is 83.4 Å². The van der Waals surface area contributed by atoms with Crippen LogP contribution in [-0.2, 0) is 21.2 Å². The van der Waals surface area contributed by atoms with E-state index in [1.54, 1.807) is 44.6 Å². The summed E-state index contributed by atoms with van der Waals surface area (Å²) in [6.45, 7) is 3.89. The van der Waals surface area contributed by atoms with Gasteiger partial charge in [0.05, 0.1) is 24.8 Å². The fourth-order valence-electron chi connectivity index (χ4n) is 3.48. The lowest BCUT2D eigenvalue weighted by Gasteiger charge is -2.25. The highest BCUT2D eigenvalue weighted by molar-refractivity contribution is 7.92.